The lowest BCUT2D eigenvalue weighted by atomic mass is 10.2. The highest BCUT2D eigenvalue weighted by molar-refractivity contribution is 5.37. The smallest absolute Gasteiger partial charge is 0.294 e. The lowest BCUT2D eigenvalue weighted by molar-refractivity contribution is 0.500. The number of aromatic nitrogens is 3. The molecule has 1 atom stereocenters. The number of hydrogen-bond donors (Lipinski definition) is 2. The Morgan fingerprint density at radius 3 is 2.65 bits per heavy atom. The van der Waals surface area contributed by atoms with Crippen LogP contribution in [0.3, 0.4) is 0 Å². The molecule has 0 fully saturated rings. The minimum atomic E-state index is 0.240. The van der Waals surface area contributed by atoms with Crippen LogP contribution in [0.5, 0.6) is 0 Å². The fourth-order valence-corrected chi connectivity index (χ4v) is 2.07. The zero-order chi connectivity index (χ0) is 14.7. The molecule has 2 aromatic rings. The molecule has 0 aliphatic rings. The van der Waals surface area contributed by atoms with Crippen LogP contribution in [-0.4, -0.2) is 26.8 Å². The summed E-state index contributed by atoms with van der Waals surface area (Å²) < 4.78 is 7.50. The quantitative estimate of drug-likeness (QED) is 0.849. The molecule has 2 rings (SSSR count). The Labute approximate surface area is 119 Å². The van der Waals surface area contributed by atoms with Crippen LogP contribution < -0.4 is 10.6 Å². The zero-order valence-corrected chi connectivity index (χ0v) is 12.8. The predicted octanol–water partition coefficient (Wildman–Crippen LogP) is 2.58. The van der Waals surface area contributed by atoms with Crippen LogP contribution in [0.4, 0.5) is 11.8 Å². The third kappa shape index (κ3) is 3.76. The average Bonchev–Trinajstić information content (AvgIpc) is 2.85. The molecule has 6 heteroatoms. The Kier molecular flexibility index (Phi) is 4.32. The lowest BCUT2D eigenvalue weighted by Crippen LogP contribution is -2.19. The van der Waals surface area contributed by atoms with E-state index in [4.69, 9.17) is 4.42 Å². The number of rotatable bonds is 6. The van der Waals surface area contributed by atoms with E-state index in [1.54, 1.807) is 6.20 Å². The molecule has 0 saturated heterocycles. The number of oxazole rings is 1. The molecule has 20 heavy (non-hydrogen) atoms. The maximum absolute atomic E-state index is 5.65. The Balaban J connectivity index is 1.92. The Morgan fingerprint density at radius 1 is 1.30 bits per heavy atom. The van der Waals surface area contributed by atoms with E-state index in [1.165, 1.54) is 0 Å². The largest absolute Gasteiger partial charge is 0.429 e. The summed E-state index contributed by atoms with van der Waals surface area (Å²) in [5.74, 6) is 1.88. The summed E-state index contributed by atoms with van der Waals surface area (Å²) in [7, 11) is 1.93. The van der Waals surface area contributed by atoms with E-state index in [2.05, 4.69) is 41.5 Å². The fourth-order valence-electron chi connectivity index (χ4n) is 2.07. The summed E-state index contributed by atoms with van der Waals surface area (Å²) in [5.41, 5.74) is 1.00. The van der Waals surface area contributed by atoms with Crippen molar-refractivity contribution in [3.63, 3.8) is 0 Å². The van der Waals surface area contributed by atoms with Gasteiger partial charge < -0.3 is 15.1 Å². The van der Waals surface area contributed by atoms with Crippen molar-refractivity contribution < 1.29 is 4.42 Å². The second-order valence-electron chi connectivity index (χ2n) is 5.47. The van der Waals surface area contributed by atoms with E-state index in [1.807, 2.05) is 24.7 Å². The molecule has 1 unspecified atom stereocenters. The second kappa shape index (κ2) is 5.98. The van der Waals surface area contributed by atoms with E-state index >= 15 is 0 Å². The number of hydrogen-bond acceptors (Lipinski definition) is 5. The highest BCUT2D eigenvalue weighted by Gasteiger charge is 2.11. The van der Waals surface area contributed by atoms with Gasteiger partial charge in [0.25, 0.3) is 6.01 Å². The standard InChI is InChI=1S/C14H23N5O/c1-9(2)16-14-15-8-12(20-14)6-10(3)17-13-7-11(4)18-19(13)5/h7-10,17H,6H2,1-5H3,(H,15,16). The average molecular weight is 277 g/mol. The van der Waals surface area contributed by atoms with Crippen LogP contribution in [0.15, 0.2) is 16.7 Å². The molecule has 0 aliphatic carbocycles. The minimum absolute atomic E-state index is 0.240. The van der Waals surface area contributed by atoms with Crippen LogP contribution in [0.1, 0.15) is 32.2 Å². The van der Waals surface area contributed by atoms with Gasteiger partial charge in [-0.2, -0.15) is 5.10 Å². The van der Waals surface area contributed by atoms with Crippen molar-refractivity contribution in [2.45, 2.75) is 46.2 Å². The van der Waals surface area contributed by atoms with Crippen LogP contribution in [0.25, 0.3) is 0 Å². The summed E-state index contributed by atoms with van der Waals surface area (Å²) in [4.78, 5) is 4.21. The van der Waals surface area contributed by atoms with Gasteiger partial charge in [0.2, 0.25) is 0 Å². The Bertz CT molecular complexity index is 558. The van der Waals surface area contributed by atoms with Gasteiger partial charge in [0, 0.05) is 31.6 Å². The molecular weight excluding hydrogens is 254 g/mol. The maximum Gasteiger partial charge on any atom is 0.294 e. The number of nitrogens with zero attached hydrogens (tertiary/aromatic N) is 3. The van der Waals surface area contributed by atoms with Crippen molar-refractivity contribution in [3.05, 3.63) is 23.7 Å². The van der Waals surface area contributed by atoms with Gasteiger partial charge in [0.05, 0.1) is 11.9 Å². The molecule has 110 valence electrons. The fraction of sp³-hybridized carbons (Fsp3) is 0.571. The molecule has 6 nitrogen and oxygen atoms in total. The summed E-state index contributed by atoms with van der Waals surface area (Å²) in [6.07, 6.45) is 2.55. The van der Waals surface area contributed by atoms with Gasteiger partial charge in [-0.15, -0.1) is 0 Å². The van der Waals surface area contributed by atoms with Gasteiger partial charge in [0.15, 0.2) is 0 Å². The summed E-state index contributed by atoms with van der Waals surface area (Å²) >= 11 is 0. The molecule has 0 spiro atoms. The number of anilines is 2. The van der Waals surface area contributed by atoms with Gasteiger partial charge >= 0.3 is 0 Å². The molecule has 0 aromatic carbocycles. The summed E-state index contributed by atoms with van der Waals surface area (Å²) in [5, 5.41) is 10.9. The van der Waals surface area contributed by atoms with Gasteiger partial charge in [-0.3, -0.25) is 4.68 Å². The van der Waals surface area contributed by atoms with Gasteiger partial charge in [-0.1, -0.05) is 0 Å². The van der Waals surface area contributed by atoms with Crippen LogP contribution >= 0.6 is 0 Å². The topological polar surface area (TPSA) is 67.9 Å². The van der Waals surface area contributed by atoms with Crippen LogP contribution in [0, 0.1) is 6.92 Å². The van der Waals surface area contributed by atoms with Gasteiger partial charge in [0.1, 0.15) is 11.6 Å². The lowest BCUT2D eigenvalue weighted by Gasteiger charge is -2.13. The molecule has 0 saturated carbocycles. The monoisotopic (exact) mass is 277 g/mol. The third-order valence-corrected chi connectivity index (χ3v) is 2.87. The van der Waals surface area contributed by atoms with Crippen molar-refractivity contribution in [1.29, 1.82) is 0 Å². The molecule has 2 heterocycles. The first-order valence-corrected chi connectivity index (χ1v) is 6.92. The van der Waals surface area contributed by atoms with Gasteiger partial charge in [-0.05, 0) is 27.7 Å². The Morgan fingerprint density at radius 2 is 2.05 bits per heavy atom. The Hall–Kier alpha value is -1.98. The first kappa shape index (κ1) is 14.4. The van der Waals surface area contributed by atoms with Crippen molar-refractivity contribution in [2.24, 2.45) is 7.05 Å². The predicted molar refractivity (Wildman–Crippen MR) is 80.0 cm³/mol. The molecule has 0 aliphatic heterocycles. The third-order valence-electron chi connectivity index (χ3n) is 2.87. The van der Waals surface area contributed by atoms with Crippen molar-refractivity contribution in [1.82, 2.24) is 14.8 Å². The van der Waals surface area contributed by atoms with Crippen LogP contribution in [0.2, 0.25) is 0 Å². The maximum atomic E-state index is 5.65. The van der Waals surface area contributed by atoms with Crippen molar-refractivity contribution in [2.75, 3.05) is 10.6 Å². The summed E-state index contributed by atoms with van der Waals surface area (Å²) in [6, 6.07) is 3.17. The van der Waals surface area contributed by atoms with E-state index in [9.17, 15) is 0 Å². The van der Waals surface area contributed by atoms with E-state index in [0.29, 0.717) is 12.1 Å². The number of aryl methyl sites for hydroxylation is 2. The van der Waals surface area contributed by atoms with Crippen molar-refractivity contribution in [3.8, 4) is 0 Å². The molecule has 0 radical (unpaired) electrons. The number of nitrogens with one attached hydrogen (secondary N) is 2. The minimum Gasteiger partial charge on any atom is -0.429 e. The highest BCUT2D eigenvalue weighted by atomic mass is 16.4. The first-order chi connectivity index (χ1) is 9.44. The first-order valence-electron chi connectivity index (χ1n) is 6.92. The molecule has 0 bridgehead atoms. The SMILES string of the molecule is Cc1cc(NC(C)Cc2cnc(NC(C)C)o2)n(C)n1. The zero-order valence-electron chi connectivity index (χ0n) is 12.8. The van der Waals surface area contributed by atoms with E-state index < -0.39 is 0 Å². The van der Waals surface area contributed by atoms with E-state index in [-0.39, 0.29) is 6.04 Å². The van der Waals surface area contributed by atoms with Gasteiger partial charge in [-0.25, -0.2) is 4.98 Å². The van der Waals surface area contributed by atoms with Crippen LogP contribution in [-0.2, 0) is 13.5 Å². The molecule has 2 aromatic heterocycles. The molecule has 2 N–H and O–H groups in total. The molecular formula is C14H23N5O. The highest BCUT2D eigenvalue weighted by Crippen LogP contribution is 2.15. The van der Waals surface area contributed by atoms with E-state index in [0.717, 1.165) is 23.7 Å². The normalized spacial score (nSPS) is 12.7. The summed E-state index contributed by atoms with van der Waals surface area (Å²) in [6.45, 7) is 8.20. The van der Waals surface area contributed by atoms with Crippen molar-refractivity contribution >= 4 is 11.8 Å². The molecule has 0 amide bonds. The second-order valence-corrected chi connectivity index (χ2v) is 5.47.